The van der Waals surface area contributed by atoms with E-state index in [0.29, 0.717) is 25.1 Å². The number of thioether (sulfide) groups is 1. The molecule has 1 amide bonds. The summed E-state index contributed by atoms with van der Waals surface area (Å²) in [7, 11) is 1.61. The van der Waals surface area contributed by atoms with Crippen molar-refractivity contribution in [2.75, 3.05) is 32.6 Å². The van der Waals surface area contributed by atoms with Gasteiger partial charge in [-0.3, -0.25) is 9.79 Å². The lowest BCUT2D eigenvalue weighted by molar-refractivity contribution is -0.119. The lowest BCUT2D eigenvalue weighted by atomic mass is 10.1. The van der Waals surface area contributed by atoms with Gasteiger partial charge in [-0.1, -0.05) is 25.6 Å². The maximum Gasteiger partial charge on any atom is 0.241 e. The van der Waals surface area contributed by atoms with Crippen molar-refractivity contribution < 1.29 is 9.53 Å². The Morgan fingerprint density at radius 1 is 1.67 bits per heavy atom. The molecule has 0 aliphatic carbocycles. The van der Waals surface area contributed by atoms with E-state index in [1.54, 1.807) is 18.9 Å². The molecule has 0 aromatic carbocycles. The van der Waals surface area contributed by atoms with Gasteiger partial charge in [0, 0.05) is 25.4 Å². The van der Waals surface area contributed by atoms with E-state index in [0.717, 1.165) is 17.3 Å². The van der Waals surface area contributed by atoms with E-state index in [1.807, 2.05) is 0 Å². The van der Waals surface area contributed by atoms with Gasteiger partial charge in [-0.2, -0.15) is 0 Å². The first-order valence-corrected chi connectivity index (χ1v) is 7.29. The van der Waals surface area contributed by atoms with Crippen molar-refractivity contribution in [1.82, 2.24) is 10.6 Å². The number of carbonyl (C=O) groups is 1. The van der Waals surface area contributed by atoms with Crippen LogP contribution in [-0.4, -0.2) is 49.7 Å². The summed E-state index contributed by atoms with van der Waals surface area (Å²) in [6.07, 6.45) is 1.14. The molecule has 0 radical (unpaired) electrons. The number of hydrogen-bond donors (Lipinski definition) is 2. The maximum atomic E-state index is 11.4. The quantitative estimate of drug-likeness (QED) is 0.675. The van der Waals surface area contributed by atoms with Crippen molar-refractivity contribution in [3.8, 4) is 0 Å². The molecule has 0 bridgehead atoms. The van der Waals surface area contributed by atoms with E-state index < -0.39 is 0 Å². The van der Waals surface area contributed by atoms with Crippen LogP contribution in [0, 0.1) is 5.92 Å². The summed E-state index contributed by atoms with van der Waals surface area (Å²) in [6, 6.07) is 0.491. The summed E-state index contributed by atoms with van der Waals surface area (Å²) < 4.78 is 4.85. The number of rotatable bonds is 7. The Bertz CT molecular complexity index is 295. The van der Waals surface area contributed by atoms with E-state index >= 15 is 0 Å². The fourth-order valence-corrected chi connectivity index (χ4v) is 2.70. The number of nitrogens with one attached hydrogen (secondary N) is 2. The van der Waals surface area contributed by atoms with Crippen molar-refractivity contribution in [2.45, 2.75) is 26.3 Å². The monoisotopic (exact) mass is 273 g/mol. The Morgan fingerprint density at radius 2 is 2.44 bits per heavy atom. The van der Waals surface area contributed by atoms with Gasteiger partial charge in [0.2, 0.25) is 5.91 Å². The Balaban J connectivity index is 2.21. The number of carbonyl (C=O) groups excluding carboxylic acids is 1. The fourth-order valence-electron chi connectivity index (χ4n) is 1.72. The predicted octanol–water partition coefficient (Wildman–Crippen LogP) is 0.856. The molecule has 6 heteroatoms. The van der Waals surface area contributed by atoms with Crippen LogP contribution in [0.1, 0.15) is 20.3 Å². The van der Waals surface area contributed by atoms with Crippen LogP contribution in [0.4, 0.5) is 0 Å². The average Bonchev–Trinajstić information content (AvgIpc) is 2.73. The molecule has 1 rings (SSSR count). The van der Waals surface area contributed by atoms with E-state index in [1.165, 1.54) is 0 Å². The zero-order valence-corrected chi connectivity index (χ0v) is 12.2. The molecule has 0 aromatic rings. The van der Waals surface area contributed by atoms with Crippen LogP contribution < -0.4 is 10.6 Å². The van der Waals surface area contributed by atoms with Gasteiger partial charge in [-0.25, -0.2) is 0 Å². The first-order chi connectivity index (χ1) is 8.61. The molecule has 1 unspecified atom stereocenters. The Hall–Kier alpha value is -0.750. The highest BCUT2D eigenvalue weighted by Crippen LogP contribution is 2.18. The Kier molecular flexibility index (Phi) is 7.12. The molecule has 18 heavy (non-hydrogen) atoms. The molecular weight excluding hydrogens is 250 g/mol. The fraction of sp³-hybridized carbons (Fsp3) is 0.833. The number of methoxy groups -OCH3 is 1. The smallest absolute Gasteiger partial charge is 0.241 e. The van der Waals surface area contributed by atoms with Gasteiger partial charge in [0.1, 0.15) is 6.54 Å². The molecule has 1 aliphatic heterocycles. The third-order valence-corrected chi connectivity index (χ3v) is 3.59. The van der Waals surface area contributed by atoms with Gasteiger partial charge in [0.05, 0.1) is 6.61 Å². The maximum absolute atomic E-state index is 11.4. The van der Waals surface area contributed by atoms with Crippen molar-refractivity contribution in [2.24, 2.45) is 10.9 Å². The van der Waals surface area contributed by atoms with Gasteiger partial charge in [0.15, 0.2) is 5.17 Å². The third kappa shape index (κ3) is 6.26. The van der Waals surface area contributed by atoms with Crippen LogP contribution >= 0.6 is 11.8 Å². The molecule has 1 saturated heterocycles. The highest BCUT2D eigenvalue weighted by Gasteiger charge is 2.20. The van der Waals surface area contributed by atoms with Gasteiger partial charge >= 0.3 is 0 Å². The molecule has 0 spiro atoms. The summed E-state index contributed by atoms with van der Waals surface area (Å²) in [5.41, 5.74) is 0. The highest BCUT2D eigenvalue weighted by atomic mass is 32.2. The topological polar surface area (TPSA) is 62.7 Å². The van der Waals surface area contributed by atoms with E-state index in [2.05, 4.69) is 29.5 Å². The number of aliphatic imine (C=N–C) groups is 1. The molecule has 0 aromatic heterocycles. The van der Waals surface area contributed by atoms with Crippen molar-refractivity contribution >= 4 is 22.8 Å². The zero-order valence-electron chi connectivity index (χ0n) is 11.4. The molecule has 104 valence electrons. The van der Waals surface area contributed by atoms with Gasteiger partial charge in [0.25, 0.3) is 0 Å². The van der Waals surface area contributed by atoms with Crippen LogP contribution in [0.25, 0.3) is 0 Å². The summed E-state index contributed by atoms with van der Waals surface area (Å²) in [5, 5.41) is 6.99. The van der Waals surface area contributed by atoms with E-state index in [9.17, 15) is 4.79 Å². The van der Waals surface area contributed by atoms with Crippen molar-refractivity contribution in [3.05, 3.63) is 0 Å². The number of amidine groups is 1. The molecule has 1 heterocycles. The minimum absolute atomic E-state index is 0.0609. The molecule has 1 aliphatic rings. The number of nitrogens with zero attached hydrogens (tertiary/aromatic N) is 1. The predicted molar refractivity (Wildman–Crippen MR) is 76.0 cm³/mol. The summed E-state index contributed by atoms with van der Waals surface area (Å²) in [5.74, 6) is 1.66. The summed E-state index contributed by atoms with van der Waals surface area (Å²) >= 11 is 1.70. The molecular formula is C12H23N3O2S. The second kappa shape index (κ2) is 8.37. The van der Waals surface area contributed by atoms with Crippen LogP contribution in [0.3, 0.4) is 0 Å². The van der Waals surface area contributed by atoms with Crippen LogP contribution in [0.5, 0.6) is 0 Å². The second-order valence-electron chi connectivity index (χ2n) is 4.75. The lowest BCUT2D eigenvalue weighted by Crippen LogP contribution is -2.31. The standard InChI is InChI=1S/C12H23N3O2S/c1-9(2)6-10-8-18-12(15-10)14-7-11(16)13-4-5-17-3/h9-10H,4-8H2,1-3H3,(H,13,16)(H,14,15). The Morgan fingerprint density at radius 3 is 3.11 bits per heavy atom. The molecule has 2 N–H and O–H groups in total. The van der Waals surface area contributed by atoms with Crippen molar-refractivity contribution in [1.29, 1.82) is 0 Å². The first kappa shape index (κ1) is 15.3. The lowest BCUT2D eigenvalue weighted by Gasteiger charge is -2.11. The molecule has 1 fully saturated rings. The van der Waals surface area contributed by atoms with Crippen LogP contribution in [0.2, 0.25) is 0 Å². The van der Waals surface area contributed by atoms with E-state index in [-0.39, 0.29) is 12.5 Å². The summed E-state index contributed by atoms with van der Waals surface area (Å²) in [6.45, 7) is 5.69. The highest BCUT2D eigenvalue weighted by molar-refractivity contribution is 8.14. The first-order valence-electron chi connectivity index (χ1n) is 6.31. The minimum atomic E-state index is -0.0609. The zero-order chi connectivity index (χ0) is 13.4. The van der Waals surface area contributed by atoms with Gasteiger partial charge in [-0.05, 0) is 12.3 Å². The SMILES string of the molecule is COCCNC(=O)CN=C1NC(CC(C)C)CS1. The van der Waals surface area contributed by atoms with E-state index in [4.69, 9.17) is 4.74 Å². The normalized spacial score (nSPS) is 21.3. The number of ether oxygens (including phenoxy) is 1. The number of hydrogen-bond acceptors (Lipinski definition) is 4. The largest absolute Gasteiger partial charge is 0.383 e. The van der Waals surface area contributed by atoms with Gasteiger partial charge in [-0.15, -0.1) is 0 Å². The van der Waals surface area contributed by atoms with Crippen LogP contribution in [0.15, 0.2) is 4.99 Å². The summed E-state index contributed by atoms with van der Waals surface area (Å²) in [4.78, 5) is 15.7. The third-order valence-electron chi connectivity index (χ3n) is 2.50. The van der Waals surface area contributed by atoms with Gasteiger partial charge < -0.3 is 15.4 Å². The van der Waals surface area contributed by atoms with Crippen molar-refractivity contribution in [3.63, 3.8) is 0 Å². The number of amides is 1. The average molecular weight is 273 g/mol. The Labute approximate surface area is 113 Å². The molecule has 0 saturated carbocycles. The van der Waals surface area contributed by atoms with Crippen LogP contribution in [-0.2, 0) is 9.53 Å². The molecule has 5 nitrogen and oxygen atoms in total. The molecule has 1 atom stereocenters. The minimum Gasteiger partial charge on any atom is -0.383 e. The second-order valence-corrected chi connectivity index (χ2v) is 5.75.